The molecule has 218 valence electrons. The van der Waals surface area contributed by atoms with E-state index in [9.17, 15) is 18.3 Å². The van der Waals surface area contributed by atoms with Crippen molar-refractivity contribution >= 4 is 15.9 Å². The summed E-state index contributed by atoms with van der Waals surface area (Å²) < 4.78 is 31.8. The van der Waals surface area contributed by atoms with E-state index in [-0.39, 0.29) is 17.3 Å². The molecule has 0 spiro atoms. The van der Waals surface area contributed by atoms with Crippen LogP contribution >= 0.6 is 0 Å². The number of hydrogen-bond donors (Lipinski definition) is 3. The lowest BCUT2D eigenvalue weighted by molar-refractivity contribution is 0.0694. The Balaban J connectivity index is 2.15. The molecule has 0 saturated heterocycles. The molecule has 7 nitrogen and oxygen atoms in total. The van der Waals surface area contributed by atoms with Crippen molar-refractivity contribution in [3.05, 3.63) is 41.1 Å². The fourth-order valence-corrected chi connectivity index (χ4v) is 7.15. The van der Waals surface area contributed by atoms with Gasteiger partial charge < -0.3 is 15.0 Å². The molecule has 1 aromatic carbocycles. The van der Waals surface area contributed by atoms with Crippen LogP contribution in [0.1, 0.15) is 109 Å². The molecule has 2 aromatic rings. The predicted molar refractivity (Wildman–Crippen MR) is 159 cm³/mol. The first-order chi connectivity index (χ1) is 17.8. The first kappa shape index (κ1) is 31.4. The maximum atomic E-state index is 13.4. The molecule has 1 fully saturated rings. The smallest absolute Gasteiger partial charge is 0.253 e. The Bertz CT molecular complexity index is 1280. The van der Waals surface area contributed by atoms with Gasteiger partial charge in [0.05, 0.1) is 16.1 Å². The fourth-order valence-electron chi connectivity index (χ4n) is 5.34. The number of amides is 1. The van der Waals surface area contributed by atoms with Gasteiger partial charge in [-0.1, -0.05) is 46.1 Å². The van der Waals surface area contributed by atoms with E-state index in [0.29, 0.717) is 11.5 Å². The number of carbonyl (C=O) groups is 1. The molecule has 1 aliphatic carbocycles. The molecule has 1 aliphatic rings. The maximum Gasteiger partial charge on any atom is 0.253 e. The van der Waals surface area contributed by atoms with Gasteiger partial charge in [0.15, 0.2) is 0 Å². The second-order valence-electron chi connectivity index (χ2n) is 14.0. The van der Waals surface area contributed by atoms with Crippen molar-refractivity contribution in [2.24, 2.45) is 5.92 Å². The number of carbonyl (C=O) groups excluding carboxylic acids is 1. The monoisotopic (exact) mass is 559 g/mol. The van der Waals surface area contributed by atoms with Gasteiger partial charge >= 0.3 is 0 Å². The molecule has 0 unspecified atom stereocenters. The summed E-state index contributed by atoms with van der Waals surface area (Å²) in [6.07, 6.45) is 6.05. The third-order valence-corrected chi connectivity index (χ3v) is 9.09. The Hall–Kier alpha value is -2.16. The van der Waals surface area contributed by atoms with Gasteiger partial charge in [0.25, 0.3) is 5.91 Å². The van der Waals surface area contributed by atoms with E-state index in [4.69, 9.17) is 0 Å². The van der Waals surface area contributed by atoms with E-state index < -0.39 is 26.6 Å². The van der Waals surface area contributed by atoms with Gasteiger partial charge in [-0.3, -0.25) is 4.79 Å². The second kappa shape index (κ2) is 11.4. The molecule has 3 rings (SSSR count). The average Bonchev–Trinajstić information content (AvgIpc) is 3.11. The highest BCUT2D eigenvalue weighted by Crippen LogP contribution is 2.36. The summed E-state index contributed by atoms with van der Waals surface area (Å²) in [6, 6.07) is 7.45. The third-order valence-electron chi connectivity index (χ3n) is 7.27. The highest BCUT2D eigenvalue weighted by atomic mass is 32.2. The Morgan fingerprint density at radius 1 is 1.00 bits per heavy atom. The molecule has 0 bridgehead atoms. The minimum atomic E-state index is -3.75. The predicted octanol–water partition coefficient (Wildman–Crippen LogP) is 5.92. The summed E-state index contributed by atoms with van der Waals surface area (Å²) in [6.45, 7) is 17.8. The molecule has 0 radical (unpaired) electrons. The number of nitrogens with zero attached hydrogens (tertiary/aromatic N) is 1. The minimum absolute atomic E-state index is 0.149. The van der Waals surface area contributed by atoms with Crippen LogP contribution in [0.4, 0.5) is 0 Å². The number of benzene rings is 1. The van der Waals surface area contributed by atoms with Gasteiger partial charge in [-0.2, -0.15) is 0 Å². The molecule has 1 heterocycles. The zero-order valence-corrected chi connectivity index (χ0v) is 26.2. The molecule has 8 heteroatoms. The van der Waals surface area contributed by atoms with Crippen LogP contribution in [0.5, 0.6) is 0 Å². The zero-order chi connectivity index (χ0) is 29.4. The minimum Gasteiger partial charge on any atom is -0.389 e. The number of aliphatic hydroxyl groups is 1. The van der Waals surface area contributed by atoms with Crippen molar-refractivity contribution in [3.63, 3.8) is 0 Å². The van der Waals surface area contributed by atoms with Crippen LogP contribution in [-0.2, 0) is 22.0 Å². The molecule has 1 saturated carbocycles. The number of hydrogen-bond acceptors (Lipinski definition) is 4. The van der Waals surface area contributed by atoms with E-state index in [1.54, 1.807) is 19.9 Å². The SMILES string of the molecule is Cc1c(C(=O)NCC(C)(C)O)cc(-c2ccc(S(=O)(=O)NC(C)(C)C)c(C(C)(C)C)c2)n1CC1CCCCC1. The summed E-state index contributed by atoms with van der Waals surface area (Å²) in [5.41, 5.74) is 1.93. The molecule has 0 atom stereocenters. The van der Waals surface area contributed by atoms with Gasteiger partial charge in [0.2, 0.25) is 10.0 Å². The van der Waals surface area contributed by atoms with Crippen LogP contribution in [0.3, 0.4) is 0 Å². The lowest BCUT2D eigenvalue weighted by Crippen LogP contribution is -2.41. The third kappa shape index (κ3) is 8.18. The van der Waals surface area contributed by atoms with Crippen molar-refractivity contribution in [2.45, 2.75) is 122 Å². The molecular formula is C31H49N3O4S. The first-order valence-corrected chi connectivity index (χ1v) is 15.7. The van der Waals surface area contributed by atoms with Crippen LogP contribution in [0.25, 0.3) is 11.3 Å². The van der Waals surface area contributed by atoms with E-state index in [1.807, 2.05) is 66.7 Å². The lowest BCUT2D eigenvalue weighted by Gasteiger charge is -2.27. The quantitative estimate of drug-likeness (QED) is 0.374. The Morgan fingerprint density at radius 3 is 2.15 bits per heavy atom. The van der Waals surface area contributed by atoms with Crippen LogP contribution in [-0.4, -0.2) is 41.7 Å². The van der Waals surface area contributed by atoms with E-state index in [0.717, 1.165) is 29.1 Å². The van der Waals surface area contributed by atoms with Gasteiger partial charge in [0.1, 0.15) is 0 Å². The van der Waals surface area contributed by atoms with Gasteiger partial charge in [0, 0.05) is 30.0 Å². The summed E-state index contributed by atoms with van der Waals surface area (Å²) in [7, 11) is -3.75. The van der Waals surface area contributed by atoms with Crippen molar-refractivity contribution in [2.75, 3.05) is 6.54 Å². The molecule has 39 heavy (non-hydrogen) atoms. The molecule has 0 aliphatic heterocycles. The van der Waals surface area contributed by atoms with E-state index >= 15 is 0 Å². The highest BCUT2D eigenvalue weighted by Gasteiger charge is 2.30. The zero-order valence-electron chi connectivity index (χ0n) is 25.4. The summed E-state index contributed by atoms with van der Waals surface area (Å²) in [5, 5.41) is 13.0. The van der Waals surface area contributed by atoms with Crippen molar-refractivity contribution < 1.29 is 18.3 Å². The highest BCUT2D eigenvalue weighted by molar-refractivity contribution is 7.89. The van der Waals surface area contributed by atoms with Crippen molar-refractivity contribution in [1.29, 1.82) is 0 Å². The van der Waals surface area contributed by atoms with E-state index in [2.05, 4.69) is 14.6 Å². The number of sulfonamides is 1. The van der Waals surface area contributed by atoms with E-state index in [1.165, 1.54) is 32.1 Å². The van der Waals surface area contributed by atoms with Crippen molar-refractivity contribution in [1.82, 2.24) is 14.6 Å². The number of rotatable bonds is 8. The van der Waals surface area contributed by atoms with Crippen LogP contribution < -0.4 is 10.0 Å². The normalized spacial score (nSPS) is 15.9. The maximum absolute atomic E-state index is 13.4. The Kier molecular flexibility index (Phi) is 9.15. The summed E-state index contributed by atoms with van der Waals surface area (Å²) in [5.74, 6) is 0.316. The molecule has 1 aromatic heterocycles. The van der Waals surface area contributed by atoms with Crippen molar-refractivity contribution in [3.8, 4) is 11.3 Å². The molecule has 1 amide bonds. The average molecular weight is 560 g/mol. The fraction of sp³-hybridized carbons (Fsp3) is 0.645. The van der Waals surface area contributed by atoms with Crippen LogP contribution in [0.15, 0.2) is 29.2 Å². The largest absolute Gasteiger partial charge is 0.389 e. The van der Waals surface area contributed by atoms with Gasteiger partial charge in [-0.25, -0.2) is 13.1 Å². The first-order valence-electron chi connectivity index (χ1n) is 14.2. The number of aromatic nitrogens is 1. The number of nitrogens with one attached hydrogen (secondary N) is 2. The summed E-state index contributed by atoms with van der Waals surface area (Å²) in [4.78, 5) is 13.5. The van der Waals surface area contributed by atoms with Crippen LogP contribution in [0, 0.1) is 12.8 Å². The lowest BCUT2D eigenvalue weighted by atomic mass is 9.85. The Morgan fingerprint density at radius 2 is 1.62 bits per heavy atom. The Labute approximate surface area is 235 Å². The molecule has 3 N–H and O–H groups in total. The second-order valence-corrected chi connectivity index (χ2v) is 15.6. The standard InChI is InChI=1S/C31H49N3O4S/c1-21-24(28(35)32-20-31(8,9)36)18-26(34(21)19-22-13-11-10-12-14-22)23-15-16-27(25(17-23)29(2,3)4)39(37,38)33-30(5,6)7/h15-18,22,33,36H,10-14,19-20H2,1-9H3,(H,32,35). The van der Waals surface area contributed by atoms with Gasteiger partial charge in [-0.15, -0.1) is 0 Å². The van der Waals surface area contributed by atoms with Gasteiger partial charge in [-0.05, 0) is 95.0 Å². The molecular weight excluding hydrogens is 510 g/mol. The summed E-state index contributed by atoms with van der Waals surface area (Å²) >= 11 is 0. The van der Waals surface area contributed by atoms with Crippen LogP contribution in [0.2, 0.25) is 0 Å². The topological polar surface area (TPSA) is 100 Å².